The van der Waals surface area contributed by atoms with E-state index in [0.29, 0.717) is 17.4 Å². The van der Waals surface area contributed by atoms with Gasteiger partial charge in [0.1, 0.15) is 18.1 Å². The molecule has 0 amide bonds. The number of benzene rings is 1. The molecule has 0 fully saturated rings. The van der Waals surface area contributed by atoms with E-state index < -0.39 is 0 Å². The number of halogens is 1. The second-order valence-electron chi connectivity index (χ2n) is 4.14. The Morgan fingerprint density at radius 3 is 2.65 bits per heavy atom. The van der Waals surface area contributed by atoms with E-state index in [1.165, 1.54) is 0 Å². The molecule has 0 spiro atoms. The van der Waals surface area contributed by atoms with Crippen LogP contribution in [0.5, 0.6) is 11.5 Å². The molecule has 0 aliphatic heterocycles. The molecule has 0 aliphatic rings. The number of pyridine rings is 1. The third-order valence-corrected chi connectivity index (χ3v) is 3.06. The van der Waals surface area contributed by atoms with E-state index in [9.17, 15) is 0 Å². The zero-order valence-electron chi connectivity index (χ0n) is 11.0. The van der Waals surface area contributed by atoms with Crippen LogP contribution in [-0.4, -0.2) is 18.7 Å². The lowest BCUT2D eigenvalue weighted by Gasteiger charge is -2.17. The number of nitrogens with one attached hydrogen (secondary N) is 1. The van der Waals surface area contributed by atoms with Crippen LogP contribution in [0.1, 0.15) is 11.6 Å². The van der Waals surface area contributed by atoms with E-state index in [1.807, 2.05) is 6.07 Å². The van der Waals surface area contributed by atoms with Gasteiger partial charge in [0.25, 0.3) is 0 Å². The average molecular weight is 294 g/mol. The molecule has 0 bridgehead atoms. The van der Waals surface area contributed by atoms with Crippen LogP contribution < -0.4 is 20.7 Å². The number of aromatic nitrogens is 1. The van der Waals surface area contributed by atoms with Gasteiger partial charge in [-0.25, -0.2) is 5.43 Å². The lowest BCUT2D eigenvalue weighted by molar-refractivity contribution is 0.267. The summed E-state index contributed by atoms with van der Waals surface area (Å²) in [5.41, 5.74) is 3.59. The van der Waals surface area contributed by atoms with Crippen LogP contribution in [0.3, 0.4) is 0 Å². The van der Waals surface area contributed by atoms with Gasteiger partial charge in [-0.05, 0) is 35.9 Å². The Kier molecular flexibility index (Phi) is 5.17. The summed E-state index contributed by atoms with van der Waals surface area (Å²) in [5, 5.41) is 0.669. The summed E-state index contributed by atoms with van der Waals surface area (Å²) in [6.07, 6.45) is 3.36. The molecule has 106 valence electrons. The van der Waals surface area contributed by atoms with Gasteiger partial charge in [0.05, 0.1) is 19.3 Å². The smallest absolute Gasteiger partial charge is 0.137 e. The van der Waals surface area contributed by atoms with Crippen LogP contribution in [0.2, 0.25) is 5.02 Å². The number of hydrogen-bond donors (Lipinski definition) is 2. The summed E-state index contributed by atoms with van der Waals surface area (Å²) < 4.78 is 10.8. The molecule has 3 N–H and O–H groups in total. The van der Waals surface area contributed by atoms with Gasteiger partial charge in [0, 0.05) is 11.2 Å². The standard InChI is InChI=1S/C14H16ClN3O2/c1-19-13-6-10(7-17-8-13)14(18-16)9-20-12-4-2-11(15)3-5-12/h2-8,14,18H,9,16H2,1H3. The summed E-state index contributed by atoms with van der Waals surface area (Å²) in [5.74, 6) is 6.97. The summed E-state index contributed by atoms with van der Waals surface area (Å²) in [6.45, 7) is 0.368. The highest BCUT2D eigenvalue weighted by Crippen LogP contribution is 2.20. The topological polar surface area (TPSA) is 69.4 Å². The Hall–Kier alpha value is -1.82. The van der Waals surface area contributed by atoms with Gasteiger partial charge in [-0.15, -0.1) is 0 Å². The number of nitrogens with two attached hydrogens (primary N) is 1. The number of nitrogens with zero attached hydrogens (tertiary/aromatic N) is 1. The minimum absolute atomic E-state index is 0.187. The van der Waals surface area contributed by atoms with Crippen LogP contribution >= 0.6 is 11.6 Å². The maximum Gasteiger partial charge on any atom is 0.137 e. The normalized spacial score (nSPS) is 11.9. The fourth-order valence-corrected chi connectivity index (χ4v) is 1.81. The Morgan fingerprint density at radius 1 is 1.25 bits per heavy atom. The zero-order chi connectivity index (χ0) is 14.4. The first kappa shape index (κ1) is 14.6. The van der Waals surface area contributed by atoms with Crippen molar-refractivity contribution in [2.75, 3.05) is 13.7 Å². The summed E-state index contributed by atoms with van der Waals surface area (Å²) in [4.78, 5) is 4.10. The second-order valence-corrected chi connectivity index (χ2v) is 4.58. The highest BCUT2D eigenvalue weighted by atomic mass is 35.5. The summed E-state index contributed by atoms with van der Waals surface area (Å²) >= 11 is 5.82. The maximum absolute atomic E-state index is 5.82. The minimum Gasteiger partial charge on any atom is -0.495 e. The molecule has 1 unspecified atom stereocenters. The Labute approximate surface area is 122 Å². The minimum atomic E-state index is -0.187. The van der Waals surface area contributed by atoms with Gasteiger partial charge in [0.15, 0.2) is 0 Å². The molecule has 1 atom stereocenters. The summed E-state index contributed by atoms with van der Waals surface area (Å²) in [7, 11) is 1.59. The number of methoxy groups -OCH3 is 1. The van der Waals surface area contributed by atoms with Crippen molar-refractivity contribution in [3.63, 3.8) is 0 Å². The highest BCUT2D eigenvalue weighted by molar-refractivity contribution is 6.30. The van der Waals surface area contributed by atoms with Crippen molar-refractivity contribution in [1.82, 2.24) is 10.4 Å². The predicted molar refractivity (Wildman–Crippen MR) is 77.8 cm³/mol. The predicted octanol–water partition coefficient (Wildman–Crippen LogP) is 2.33. The average Bonchev–Trinajstić information content (AvgIpc) is 2.50. The van der Waals surface area contributed by atoms with Crippen LogP contribution in [0.4, 0.5) is 0 Å². The first-order valence-electron chi connectivity index (χ1n) is 6.06. The molecule has 5 nitrogen and oxygen atoms in total. The SMILES string of the molecule is COc1cncc(C(COc2ccc(Cl)cc2)NN)c1. The van der Waals surface area contributed by atoms with Crippen molar-refractivity contribution in [3.8, 4) is 11.5 Å². The molecule has 2 aromatic rings. The monoisotopic (exact) mass is 293 g/mol. The van der Waals surface area contributed by atoms with Gasteiger partial charge >= 0.3 is 0 Å². The van der Waals surface area contributed by atoms with Gasteiger partial charge in [-0.1, -0.05) is 11.6 Å². The van der Waals surface area contributed by atoms with Crippen molar-refractivity contribution in [2.45, 2.75) is 6.04 Å². The zero-order valence-corrected chi connectivity index (χ0v) is 11.8. The fourth-order valence-electron chi connectivity index (χ4n) is 1.69. The maximum atomic E-state index is 5.82. The molecule has 0 saturated carbocycles. The number of hydrogen-bond acceptors (Lipinski definition) is 5. The Balaban J connectivity index is 2.03. The number of rotatable bonds is 6. The van der Waals surface area contributed by atoms with E-state index in [2.05, 4.69) is 10.4 Å². The number of ether oxygens (including phenoxy) is 2. The van der Waals surface area contributed by atoms with Crippen molar-refractivity contribution in [3.05, 3.63) is 53.3 Å². The molecule has 0 saturated heterocycles. The van der Waals surface area contributed by atoms with Gasteiger partial charge < -0.3 is 9.47 Å². The molecule has 6 heteroatoms. The fraction of sp³-hybridized carbons (Fsp3) is 0.214. The molecule has 1 heterocycles. The van der Waals surface area contributed by atoms with Crippen molar-refractivity contribution < 1.29 is 9.47 Å². The molecular formula is C14H16ClN3O2. The molecule has 2 rings (SSSR count). The Bertz CT molecular complexity index is 548. The largest absolute Gasteiger partial charge is 0.495 e. The quantitative estimate of drug-likeness (QED) is 0.632. The van der Waals surface area contributed by atoms with Gasteiger partial charge in [-0.2, -0.15) is 0 Å². The van der Waals surface area contributed by atoms with E-state index >= 15 is 0 Å². The molecule has 1 aromatic carbocycles. The lowest BCUT2D eigenvalue weighted by Crippen LogP contribution is -2.32. The molecule has 0 radical (unpaired) electrons. The van der Waals surface area contributed by atoms with E-state index in [-0.39, 0.29) is 6.04 Å². The van der Waals surface area contributed by atoms with E-state index in [0.717, 1.165) is 11.3 Å². The van der Waals surface area contributed by atoms with Crippen molar-refractivity contribution >= 4 is 11.6 Å². The van der Waals surface area contributed by atoms with Crippen molar-refractivity contribution in [2.24, 2.45) is 5.84 Å². The van der Waals surface area contributed by atoms with Gasteiger partial charge in [0.2, 0.25) is 0 Å². The van der Waals surface area contributed by atoms with E-state index in [4.69, 9.17) is 26.9 Å². The molecular weight excluding hydrogens is 278 g/mol. The second kappa shape index (κ2) is 7.09. The molecule has 20 heavy (non-hydrogen) atoms. The molecule has 1 aromatic heterocycles. The van der Waals surface area contributed by atoms with Crippen LogP contribution in [-0.2, 0) is 0 Å². The van der Waals surface area contributed by atoms with E-state index in [1.54, 1.807) is 43.8 Å². The molecule has 0 aliphatic carbocycles. The first-order chi connectivity index (χ1) is 9.72. The third-order valence-electron chi connectivity index (χ3n) is 2.80. The van der Waals surface area contributed by atoms with Crippen LogP contribution in [0.25, 0.3) is 0 Å². The lowest BCUT2D eigenvalue weighted by atomic mass is 10.1. The van der Waals surface area contributed by atoms with Crippen LogP contribution in [0.15, 0.2) is 42.7 Å². The Morgan fingerprint density at radius 2 is 2.00 bits per heavy atom. The van der Waals surface area contributed by atoms with Crippen LogP contribution in [0, 0.1) is 0 Å². The van der Waals surface area contributed by atoms with Crippen molar-refractivity contribution in [1.29, 1.82) is 0 Å². The number of hydrazine groups is 1. The third kappa shape index (κ3) is 3.84. The summed E-state index contributed by atoms with van der Waals surface area (Å²) in [6, 6.07) is 8.83. The highest BCUT2D eigenvalue weighted by Gasteiger charge is 2.12. The van der Waals surface area contributed by atoms with Gasteiger partial charge in [-0.3, -0.25) is 10.8 Å². The first-order valence-corrected chi connectivity index (χ1v) is 6.44.